The summed E-state index contributed by atoms with van der Waals surface area (Å²) in [4.78, 5) is 27.1. The fourth-order valence-electron chi connectivity index (χ4n) is 1.93. The van der Waals surface area contributed by atoms with Crippen molar-refractivity contribution in [1.82, 2.24) is 14.7 Å². The topological polar surface area (TPSA) is 64.1 Å². The predicted octanol–water partition coefficient (Wildman–Crippen LogP) is -0.877. The number of carbonyl (C=O) groups excluding carboxylic acids is 1. The zero-order valence-corrected chi connectivity index (χ0v) is 8.72. The second-order valence-electron chi connectivity index (χ2n) is 4.13. The lowest BCUT2D eigenvalue weighted by molar-refractivity contribution is -0.136. The van der Waals surface area contributed by atoms with Crippen LogP contribution in [0.1, 0.15) is 0 Å². The summed E-state index contributed by atoms with van der Waals surface area (Å²) in [5.41, 5.74) is 0. The van der Waals surface area contributed by atoms with E-state index in [1.165, 1.54) is 4.90 Å². The molecule has 6 nitrogen and oxygen atoms in total. The third kappa shape index (κ3) is 1.90. The molecule has 2 saturated heterocycles. The molecule has 0 aromatic rings. The molecule has 0 unspecified atom stereocenters. The van der Waals surface area contributed by atoms with Gasteiger partial charge in [0, 0.05) is 39.3 Å². The van der Waals surface area contributed by atoms with Crippen molar-refractivity contribution in [2.75, 3.05) is 39.8 Å². The lowest BCUT2D eigenvalue weighted by atomic mass is 10.1. The highest BCUT2D eigenvalue weighted by Crippen LogP contribution is 2.16. The minimum Gasteiger partial charge on any atom is -0.465 e. The molecular weight excluding hydrogens is 198 g/mol. The summed E-state index contributed by atoms with van der Waals surface area (Å²) in [6, 6.07) is 0.235. The third-order valence-electron chi connectivity index (χ3n) is 3.14. The van der Waals surface area contributed by atoms with Crippen LogP contribution in [0, 0.1) is 0 Å². The highest BCUT2D eigenvalue weighted by molar-refractivity contribution is 5.78. The minimum atomic E-state index is -0.869. The van der Waals surface area contributed by atoms with Crippen LogP contribution < -0.4 is 0 Å². The summed E-state index contributed by atoms with van der Waals surface area (Å²) in [6.45, 7) is 3.08. The Morgan fingerprint density at radius 3 is 2.60 bits per heavy atom. The molecular formula is C9H15N3O3. The number of hydrogen-bond acceptors (Lipinski definition) is 3. The maximum absolute atomic E-state index is 11.4. The summed E-state index contributed by atoms with van der Waals surface area (Å²) in [7, 11) is 1.80. The number of carbonyl (C=O) groups is 2. The summed E-state index contributed by atoms with van der Waals surface area (Å²) in [6.07, 6.45) is -0.869. The Morgan fingerprint density at radius 2 is 2.07 bits per heavy atom. The number of carboxylic acid groups (broad SMARTS) is 1. The average molecular weight is 213 g/mol. The summed E-state index contributed by atoms with van der Waals surface area (Å²) < 4.78 is 0. The lowest BCUT2D eigenvalue weighted by Crippen LogP contribution is -2.64. The fourth-order valence-corrected chi connectivity index (χ4v) is 1.93. The smallest absolute Gasteiger partial charge is 0.407 e. The lowest BCUT2D eigenvalue weighted by Gasteiger charge is -2.46. The minimum absolute atomic E-state index is 0.120. The Morgan fingerprint density at radius 1 is 1.40 bits per heavy atom. The van der Waals surface area contributed by atoms with Crippen LogP contribution in [0.15, 0.2) is 0 Å². The number of amides is 2. The molecule has 0 atom stereocenters. The summed E-state index contributed by atoms with van der Waals surface area (Å²) in [5, 5.41) is 8.68. The molecule has 0 aromatic heterocycles. The highest BCUT2D eigenvalue weighted by Gasteiger charge is 2.37. The Kier molecular flexibility index (Phi) is 2.52. The number of piperazine rings is 1. The molecule has 2 amide bonds. The molecule has 1 N–H and O–H groups in total. The van der Waals surface area contributed by atoms with E-state index in [-0.39, 0.29) is 11.9 Å². The van der Waals surface area contributed by atoms with Gasteiger partial charge in [-0.1, -0.05) is 0 Å². The maximum Gasteiger partial charge on any atom is 0.407 e. The van der Waals surface area contributed by atoms with Gasteiger partial charge in [-0.25, -0.2) is 4.79 Å². The van der Waals surface area contributed by atoms with Crippen LogP contribution in [-0.2, 0) is 4.79 Å². The molecule has 2 rings (SSSR count). The van der Waals surface area contributed by atoms with E-state index in [9.17, 15) is 9.59 Å². The quantitative estimate of drug-likeness (QED) is 0.614. The van der Waals surface area contributed by atoms with E-state index in [4.69, 9.17) is 5.11 Å². The SMILES string of the molecule is CN1CCN(C2CN(C(=O)O)C2)CC1=O. The van der Waals surface area contributed by atoms with Crippen LogP contribution >= 0.6 is 0 Å². The molecule has 0 aromatic carbocycles. The Bertz CT molecular complexity index is 288. The maximum atomic E-state index is 11.4. The van der Waals surface area contributed by atoms with Crippen molar-refractivity contribution in [2.45, 2.75) is 6.04 Å². The molecule has 2 aliphatic heterocycles. The Balaban J connectivity index is 1.82. The molecule has 0 bridgehead atoms. The van der Waals surface area contributed by atoms with E-state index in [0.717, 1.165) is 13.1 Å². The van der Waals surface area contributed by atoms with Gasteiger partial charge in [0.1, 0.15) is 0 Å². The number of hydrogen-bond donors (Lipinski definition) is 1. The standard InChI is InChI=1S/C9H15N3O3/c1-10-2-3-11(6-8(10)13)7-4-12(5-7)9(14)15/h7H,2-6H2,1H3,(H,14,15). The number of nitrogens with zero attached hydrogens (tertiary/aromatic N) is 3. The van der Waals surface area contributed by atoms with E-state index in [2.05, 4.69) is 4.90 Å². The van der Waals surface area contributed by atoms with Crippen LogP contribution in [0.3, 0.4) is 0 Å². The average Bonchev–Trinajstić information content (AvgIpc) is 2.08. The van der Waals surface area contributed by atoms with E-state index < -0.39 is 6.09 Å². The van der Waals surface area contributed by atoms with E-state index in [1.54, 1.807) is 11.9 Å². The zero-order valence-electron chi connectivity index (χ0n) is 8.72. The molecule has 0 spiro atoms. The first-order valence-electron chi connectivity index (χ1n) is 5.04. The van der Waals surface area contributed by atoms with Crippen LogP contribution in [-0.4, -0.2) is 77.6 Å². The predicted molar refractivity (Wildman–Crippen MR) is 52.6 cm³/mol. The number of likely N-dealkylation sites (N-methyl/N-ethyl adjacent to an activating group) is 1. The Hall–Kier alpha value is -1.30. The van der Waals surface area contributed by atoms with Gasteiger partial charge in [0.15, 0.2) is 0 Å². The van der Waals surface area contributed by atoms with Crippen molar-refractivity contribution in [2.24, 2.45) is 0 Å². The molecule has 15 heavy (non-hydrogen) atoms. The Labute approximate surface area is 88.0 Å². The van der Waals surface area contributed by atoms with E-state index in [1.807, 2.05) is 0 Å². The van der Waals surface area contributed by atoms with Gasteiger partial charge in [0.25, 0.3) is 0 Å². The first kappa shape index (κ1) is 10.2. The first-order valence-corrected chi connectivity index (χ1v) is 5.04. The van der Waals surface area contributed by atoms with Crippen molar-refractivity contribution < 1.29 is 14.7 Å². The molecule has 2 fully saturated rings. The van der Waals surface area contributed by atoms with Crippen molar-refractivity contribution in [3.8, 4) is 0 Å². The van der Waals surface area contributed by atoms with Gasteiger partial charge in [0.05, 0.1) is 6.54 Å². The highest BCUT2D eigenvalue weighted by atomic mass is 16.4. The molecule has 2 aliphatic rings. The normalized spacial score (nSPS) is 24.2. The van der Waals surface area contributed by atoms with Gasteiger partial charge < -0.3 is 14.9 Å². The number of likely N-dealkylation sites (tertiary alicyclic amines) is 1. The van der Waals surface area contributed by atoms with Crippen LogP contribution in [0.5, 0.6) is 0 Å². The van der Waals surface area contributed by atoms with Gasteiger partial charge in [-0.15, -0.1) is 0 Å². The monoisotopic (exact) mass is 213 g/mol. The van der Waals surface area contributed by atoms with Gasteiger partial charge in [0.2, 0.25) is 5.91 Å². The largest absolute Gasteiger partial charge is 0.465 e. The summed E-state index contributed by atoms with van der Waals surface area (Å²) >= 11 is 0. The van der Waals surface area contributed by atoms with E-state index in [0.29, 0.717) is 19.6 Å². The van der Waals surface area contributed by atoms with Crippen LogP contribution in [0.4, 0.5) is 4.79 Å². The molecule has 0 radical (unpaired) electrons. The zero-order chi connectivity index (χ0) is 11.0. The molecule has 6 heteroatoms. The van der Waals surface area contributed by atoms with Gasteiger partial charge >= 0.3 is 6.09 Å². The molecule has 84 valence electrons. The van der Waals surface area contributed by atoms with Crippen molar-refractivity contribution in [3.05, 3.63) is 0 Å². The second kappa shape index (κ2) is 3.69. The third-order valence-corrected chi connectivity index (χ3v) is 3.14. The van der Waals surface area contributed by atoms with Crippen LogP contribution in [0.2, 0.25) is 0 Å². The van der Waals surface area contributed by atoms with Crippen molar-refractivity contribution >= 4 is 12.0 Å². The molecule has 0 saturated carbocycles. The van der Waals surface area contributed by atoms with E-state index >= 15 is 0 Å². The van der Waals surface area contributed by atoms with Crippen molar-refractivity contribution in [1.29, 1.82) is 0 Å². The van der Waals surface area contributed by atoms with Gasteiger partial charge in [-0.3, -0.25) is 9.69 Å². The summed E-state index contributed by atoms with van der Waals surface area (Å²) in [5.74, 6) is 0.120. The van der Waals surface area contributed by atoms with Gasteiger partial charge in [-0.2, -0.15) is 0 Å². The fraction of sp³-hybridized carbons (Fsp3) is 0.778. The van der Waals surface area contributed by atoms with Gasteiger partial charge in [-0.05, 0) is 0 Å². The second-order valence-corrected chi connectivity index (χ2v) is 4.13. The molecule has 0 aliphatic carbocycles. The van der Waals surface area contributed by atoms with Crippen molar-refractivity contribution in [3.63, 3.8) is 0 Å². The molecule has 2 heterocycles. The number of rotatable bonds is 1. The van der Waals surface area contributed by atoms with Crippen LogP contribution in [0.25, 0.3) is 0 Å². The first-order chi connectivity index (χ1) is 7.08.